The van der Waals surface area contributed by atoms with Gasteiger partial charge in [0.05, 0.1) is 28.3 Å². The van der Waals surface area contributed by atoms with Gasteiger partial charge in [0.25, 0.3) is 5.60 Å². The van der Waals surface area contributed by atoms with Crippen molar-refractivity contribution in [3.8, 4) is 0 Å². The van der Waals surface area contributed by atoms with Crippen LogP contribution < -0.4 is 0 Å². The first-order chi connectivity index (χ1) is 40.9. The lowest BCUT2D eigenvalue weighted by Crippen LogP contribution is -2.64. The molecule has 33 heteroatoms. The molecule has 0 aliphatic heterocycles. The average molecular weight is 1400 g/mol. The molecule has 1 rings (SSSR count). The van der Waals surface area contributed by atoms with Crippen molar-refractivity contribution in [3.63, 3.8) is 0 Å². The minimum atomic E-state index is -6.28. The molecule has 9 atom stereocenters. The molecule has 1 aliphatic rings. The molecule has 1 aliphatic carbocycles. The van der Waals surface area contributed by atoms with Crippen LogP contribution >= 0.6 is 0 Å². The van der Waals surface area contributed by atoms with Crippen LogP contribution in [0.25, 0.3) is 0 Å². The molecule has 0 heterocycles. The van der Waals surface area contributed by atoms with Crippen molar-refractivity contribution in [1.29, 1.82) is 0 Å². The highest BCUT2D eigenvalue weighted by atomic mass is 19.4. The van der Waals surface area contributed by atoms with Crippen LogP contribution in [0, 0.1) is 33.5 Å². The Bertz CT molecular complexity index is 2370. The van der Waals surface area contributed by atoms with Crippen LogP contribution in [0.3, 0.4) is 0 Å². The van der Waals surface area contributed by atoms with Crippen molar-refractivity contribution < 1.29 is 152 Å². The average Bonchev–Trinajstić information content (AvgIpc) is 0.736. The summed E-state index contributed by atoms with van der Waals surface area (Å²) in [4.78, 5) is 70.6. The summed E-state index contributed by atoms with van der Waals surface area (Å²) in [6.07, 6.45) is -38.1. The van der Waals surface area contributed by atoms with Gasteiger partial charge in [-0.25, -0.2) is 9.59 Å². The van der Waals surface area contributed by atoms with Crippen LogP contribution in [-0.4, -0.2) is 147 Å². The van der Waals surface area contributed by atoms with E-state index < -0.39 is 191 Å². The number of ether oxygens (including phenoxy) is 7. The molecule has 0 aromatic carbocycles. The zero-order valence-electron chi connectivity index (χ0n) is 56.8. The van der Waals surface area contributed by atoms with Gasteiger partial charge in [-0.2, -0.15) is 74.6 Å². The first-order valence-corrected chi connectivity index (χ1v) is 29.7. The van der Waals surface area contributed by atoms with Gasteiger partial charge in [0.1, 0.15) is 23.9 Å². The van der Waals surface area contributed by atoms with E-state index in [-0.39, 0.29) is 26.4 Å². The Morgan fingerprint density at radius 2 is 0.785 bits per heavy atom. The van der Waals surface area contributed by atoms with Crippen LogP contribution in [0.15, 0.2) is 0 Å². The van der Waals surface area contributed by atoms with Gasteiger partial charge in [0.15, 0.2) is 17.3 Å². The summed E-state index contributed by atoms with van der Waals surface area (Å²) in [6, 6.07) is 0. The molecule has 1 saturated carbocycles. The highest BCUT2D eigenvalue weighted by Crippen LogP contribution is 2.55. The quantitative estimate of drug-likeness (QED) is 0.0491. The van der Waals surface area contributed by atoms with E-state index in [0.717, 1.165) is 6.92 Å². The van der Waals surface area contributed by atoms with Crippen LogP contribution in [0.2, 0.25) is 0 Å². The molecule has 9 unspecified atom stereocenters. The Morgan fingerprint density at radius 1 is 0.430 bits per heavy atom. The lowest BCUT2D eigenvalue weighted by molar-refractivity contribution is -0.391. The molecule has 0 aromatic heterocycles. The normalized spacial score (nSPS) is 19.6. The number of hydrogen-bond donors (Lipinski definition) is 3. The molecule has 1 fully saturated rings. The predicted molar refractivity (Wildman–Crippen MR) is 301 cm³/mol. The molecule has 552 valence electrons. The van der Waals surface area contributed by atoms with Crippen LogP contribution in [0.5, 0.6) is 0 Å². The van der Waals surface area contributed by atoms with E-state index in [4.69, 9.17) is 23.7 Å². The molecule has 0 aromatic rings. The van der Waals surface area contributed by atoms with E-state index in [2.05, 4.69) is 9.47 Å². The van der Waals surface area contributed by atoms with Gasteiger partial charge in [-0.15, -0.1) is 0 Å². The fraction of sp³-hybridized carbons (Fsp3) is 0.900. The molecular weight excluding hydrogens is 1300 g/mol. The molecular formula is C60H97F17O16. The minimum absolute atomic E-state index is 0.154. The molecule has 16 nitrogen and oxygen atoms in total. The Morgan fingerprint density at radius 3 is 1.10 bits per heavy atom. The fourth-order valence-electron chi connectivity index (χ4n) is 7.63. The third kappa shape index (κ3) is 27.0. The number of esters is 5. The van der Waals surface area contributed by atoms with Crippen molar-refractivity contribution >= 4 is 36.0 Å². The minimum Gasteiger partial charge on any atom is -0.462 e. The molecule has 0 radical (unpaired) electrons. The zero-order chi connectivity index (χ0) is 75.2. The highest BCUT2D eigenvalue weighted by molar-refractivity contribution is 5.80. The maximum atomic E-state index is 13.8. The highest BCUT2D eigenvalue weighted by Gasteiger charge is 2.75. The number of alkyl halides is 17. The van der Waals surface area contributed by atoms with E-state index in [9.17, 15) is 119 Å². The maximum absolute atomic E-state index is 13.8. The van der Waals surface area contributed by atoms with Crippen molar-refractivity contribution in [2.75, 3.05) is 6.61 Å². The molecule has 0 bridgehead atoms. The molecule has 0 spiro atoms. The summed E-state index contributed by atoms with van der Waals surface area (Å²) in [5, 5.41) is 28.9. The van der Waals surface area contributed by atoms with E-state index in [1.54, 1.807) is 69.2 Å². The van der Waals surface area contributed by atoms with Gasteiger partial charge in [-0.05, 0) is 169 Å². The number of carbonyl (C=O) groups excluding carboxylic acids is 6. The summed E-state index contributed by atoms with van der Waals surface area (Å²) in [5.41, 5.74) is -19.4. The van der Waals surface area contributed by atoms with E-state index in [1.165, 1.54) is 62.3 Å². The third-order valence-corrected chi connectivity index (χ3v) is 16.0. The number of carbonyl (C=O) groups is 6. The Hall–Kier alpha value is -4.69. The topological polar surface area (TPSA) is 228 Å². The third-order valence-electron chi connectivity index (χ3n) is 16.0. The van der Waals surface area contributed by atoms with E-state index in [0.29, 0.717) is 26.2 Å². The number of aliphatic hydroxyl groups is 3. The first-order valence-electron chi connectivity index (χ1n) is 29.7. The second-order valence-corrected chi connectivity index (χ2v) is 27.0. The summed E-state index contributed by atoms with van der Waals surface area (Å²) in [5.74, 6) is -13.5. The monoisotopic (exact) mass is 1400 g/mol. The molecule has 0 amide bonds. The van der Waals surface area contributed by atoms with Crippen molar-refractivity contribution in [1.82, 2.24) is 0 Å². The fourth-order valence-corrected chi connectivity index (χ4v) is 7.63. The smallest absolute Gasteiger partial charge is 0.462 e. The predicted octanol–water partition coefficient (Wildman–Crippen LogP) is 15.9. The number of hydrogen-bond acceptors (Lipinski definition) is 16. The van der Waals surface area contributed by atoms with Gasteiger partial charge >= 0.3 is 72.8 Å². The number of halogens is 17. The van der Waals surface area contributed by atoms with Crippen molar-refractivity contribution in [2.24, 2.45) is 33.5 Å². The number of rotatable bonds is 23. The Balaban J connectivity index is -0.00000119. The van der Waals surface area contributed by atoms with E-state index >= 15 is 0 Å². The van der Waals surface area contributed by atoms with Crippen molar-refractivity contribution in [3.05, 3.63) is 0 Å². The summed E-state index contributed by atoms with van der Waals surface area (Å²) in [7, 11) is 0. The lowest BCUT2D eigenvalue weighted by Gasteiger charge is -2.47. The first kappa shape index (κ1) is 92.5. The van der Waals surface area contributed by atoms with Gasteiger partial charge in [0.2, 0.25) is 5.60 Å². The summed E-state index contributed by atoms with van der Waals surface area (Å²) < 4.78 is 258. The van der Waals surface area contributed by atoms with Crippen LogP contribution in [-0.2, 0) is 57.1 Å². The largest absolute Gasteiger partial charge is 0.509 e. The second-order valence-electron chi connectivity index (χ2n) is 27.0. The summed E-state index contributed by atoms with van der Waals surface area (Å²) >= 11 is 0. The molecule has 3 N–H and O–H groups in total. The molecule has 0 saturated heterocycles. The lowest BCUT2D eigenvalue weighted by atomic mass is 9.66. The van der Waals surface area contributed by atoms with Gasteiger partial charge in [-0.3, -0.25) is 19.2 Å². The standard InChI is InChI=1S/C18H25F9O4.C17H29F3O5.C13H22F2O4.C12H21F3O3/c1-5-13(2,3)12(28)31-11-7-9(14(4,29)16(19,20)21)6-10(8-11)15(30,17(22,23)24)18(25,26)27;1-9-15(6,7)12(21)23-11(2)10-16(8,17(18,19)20)25-13(22)24-14(3,4)5;1-6-9(13(14,15)11(17)18-8-3)19-10(16)12(4,5)7-2;1-6-10(3,4)9(16)18-8(2)7-11(5,17)12(13,14)15/h9-11,29-30H,5-8H2,1-4H3;11H,9-10H2,1-8H3;9H,6-8H2,1-5H3;8,17H,6-7H2,1-5H3. The van der Waals surface area contributed by atoms with Crippen molar-refractivity contribution in [2.45, 2.75) is 306 Å². The second kappa shape index (κ2) is 33.5. The van der Waals surface area contributed by atoms with Crippen LogP contribution in [0.4, 0.5) is 79.4 Å². The van der Waals surface area contributed by atoms with Gasteiger partial charge < -0.3 is 48.5 Å². The Kier molecular flexibility index (Phi) is 33.3. The molecule has 93 heavy (non-hydrogen) atoms. The van der Waals surface area contributed by atoms with Gasteiger partial charge in [0, 0.05) is 24.7 Å². The van der Waals surface area contributed by atoms with Gasteiger partial charge in [-0.1, -0.05) is 34.6 Å². The maximum Gasteiger partial charge on any atom is 0.509 e. The van der Waals surface area contributed by atoms with E-state index in [1.807, 2.05) is 0 Å². The SMILES string of the molecule is CCC(C)(C)C(=O)OC(C)CC(C)(O)C(F)(F)F.CCC(C)(C)C(=O)OC(C)CC(C)(OC(=O)OC(C)(C)C)C(F)(F)F.CCC(C)(C)C(=O)OC1CC(C(C)(O)C(F)(F)F)CC(C(O)(C(F)(F)F)C(F)(F)F)C1.CCOC(=O)C(F)(F)C(CC)OC(=O)C(C)(C)CC. The summed E-state index contributed by atoms with van der Waals surface area (Å²) in [6.45, 7) is 30.9. The van der Waals surface area contributed by atoms with Crippen LogP contribution in [0.1, 0.15) is 217 Å². The zero-order valence-corrected chi connectivity index (χ0v) is 56.8. The Labute approximate surface area is 532 Å².